The van der Waals surface area contributed by atoms with E-state index < -0.39 is 23.6 Å². The van der Waals surface area contributed by atoms with Crippen LogP contribution in [0.5, 0.6) is 0 Å². The highest BCUT2D eigenvalue weighted by Crippen LogP contribution is 2.30. The molecule has 1 fully saturated rings. The van der Waals surface area contributed by atoms with Gasteiger partial charge in [0, 0.05) is 19.6 Å². The minimum Gasteiger partial charge on any atom is -0.481 e. The third kappa shape index (κ3) is 4.39. The first-order chi connectivity index (χ1) is 11.2. The fraction of sp³-hybridized carbons (Fsp3) is 0.500. The second kappa shape index (κ2) is 7.11. The molecule has 1 aliphatic rings. The van der Waals surface area contributed by atoms with Crippen LogP contribution >= 0.6 is 0 Å². The van der Waals surface area contributed by atoms with Crippen LogP contribution in [-0.2, 0) is 11.0 Å². The first-order valence-electron chi connectivity index (χ1n) is 7.61. The number of carboxylic acids is 1. The smallest absolute Gasteiger partial charge is 0.416 e. The highest BCUT2D eigenvalue weighted by Gasteiger charge is 2.31. The number of benzene rings is 1. The average molecular weight is 344 g/mol. The van der Waals surface area contributed by atoms with Crippen LogP contribution in [0.15, 0.2) is 24.3 Å². The van der Waals surface area contributed by atoms with Gasteiger partial charge >= 0.3 is 18.2 Å². The molecule has 2 unspecified atom stereocenters. The summed E-state index contributed by atoms with van der Waals surface area (Å²) >= 11 is 0. The number of hydrogen-bond acceptors (Lipinski definition) is 2. The van der Waals surface area contributed by atoms with Crippen LogP contribution in [-0.4, -0.2) is 41.6 Å². The lowest BCUT2D eigenvalue weighted by Crippen LogP contribution is -2.40. The largest absolute Gasteiger partial charge is 0.481 e. The highest BCUT2D eigenvalue weighted by atomic mass is 19.4. The van der Waals surface area contributed by atoms with Crippen LogP contribution in [0.2, 0.25) is 0 Å². The zero-order chi connectivity index (χ0) is 17.9. The van der Waals surface area contributed by atoms with Gasteiger partial charge in [0.2, 0.25) is 0 Å². The summed E-state index contributed by atoms with van der Waals surface area (Å²) in [5.41, 5.74) is -0.0209. The van der Waals surface area contributed by atoms with Gasteiger partial charge in [0.15, 0.2) is 0 Å². The maximum Gasteiger partial charge on any atom is 0.416 e. The van der Waals surface area contributed by atoms with Crippen LogP contribution in [0.1, 0.15) is 30.4 Å². The van der Waals surface area contributed by atoms with Crippen molar-refractivity contribution in [3.8, 4) is 0 Å². The summed E-state index contributed by atoms with van der Waals surface area (Å²) < 4.78 is 37.6. The molecule has 0 saturated carbocycles. The van der Waals surface area contributed by atoms with Crippen LogP contribution < -0.4 is 5.32 Å². The van der Waals surface area contributed by atoms with E-state index in [1.54, 1.807) is 6.92 Å². The highest BCUT2D eigenvalue weighted by molar-refractivity contribution is 5.77. The van der Waals surface area contributed by atoms with Crippen molar-refractivity contribution in [2.24, 2.45) is 5.92 Å². The molecule has 0 radical (unpaired) electrons. The third-order valence-corrected chi connectivity index (χ3v) is 4.19. The van der Waals surface area contributed by atoms with Crippen LogP contribution in [0.3, 0.4) is 0 Å². The van der Waals surface area contributed by atoms with E-state index in [1.165, 1.54) is 17.0 Å². The van der Waals surface area contributed by atoms with Gasteiger partial charge in [-0.3, -0.25) is 4.79 Å². The predicted octanol–water partition coefficient (Wildman–Crippen LogP) is 2.93. The SMILES string of the molecule is CC(CNC(=O)N1CCC(C(=O)O)C1)c1ccc(C(F)(F)F)cc1. The topological polar surface area (TPSA) is 69.6 Å². The normalized spacial score (nSPS) is 19.2. The van der Waals surface area contributed by atoms with Crippen LogP contribution in [0.4, 0.5) is 18.0 Å². The molecule has 2 rings (SSSR count). The molecule has 24 heavy (non-hydrogen) atoms. The molecule has 0 aliphatic carbocycles. The van der Waals surface area contributed by atoms with Crippen molar-refractivity contribution in [1.29, 1.82) is 0 Å². The number of aliphatic carboxylic acids is 1. The molecule has 5 nitrogen and oxygen atoms in total. The molecule has 1 aromatic carbocycles. The minimum atomic E-state index is -4.37. The Hall–Kier alpha value is -2.25. The summed E-state index contributed by atoms with van der Waals surface area (Å²) in [5.74, 6) is -1.61. The predicted molar refractivity (Wildman–Crippen MR) is 80.6 cm³/mol. The molecule has 2 N–H and O–H groups in total. The Balaban J connectivity index is 1.85. The van der Waals surface area contributed by atoms with E-state index >= 15 is 0 Å². The number of rotatable bonds is 4. The monoisotopic (exact) mass is 344 g/mol. The molecule has 132 valence electrons. The zero-order valence-corrected chi connectivity index (χ0v) is 13.1. The van der Waals surface area contributed by atoms with Crippen molar-refractivity contribution < 1.29 is 27.9 Å². The van der Waals surface area contributed by atoms with Crippen molar-refractivity contribution in [1.82, 2.24) is 10.2 Å². The van der Waals surface area contributed by atoms with E-state index in [2.05, 4.69) is 5.32 Å². The van der Waals surface area contributed by atoms with Crippen molar-refractivity contribution in [2.45, 2.75) is 25.4 Å². The van der Waals surface area contributed by atoms with Crippen molar-refractivity contribution in [3.63, 3.8) is 0 Å². The number of carbonyl (C=O) groups is 2. The summed E-state index contributed by atoms with van der Waals surface area (Å²) in [6, 6.07) is 4.49. The van der Waals surface area contributed by atoms with Gasteiger partial charge in [-0.15, -0.1) is 0 Å². The average Bonchev–Trinajstić information content (AvgIpc) is 3.02. The molecule has 1 aliphatic heterocycles. The molecule has 1 aromatic rings. The minimum absolute atomic E-state index is 0.158. The van der Waals surface area contributed by atoms with Gasteiger partial charge in [0.05, 0.1) is 11.5 Å². The third-order valence-electron chi connectivity index (χ3n) is 4.19. The number of nitrogens with zero attached hydrogens (tertiary/aromatic N) is 1. The number of nitrogens with one attached hydrogen (secondary N) is 1. The Morgan fingerprint density at radius 3 is 2.46 bits per heavy atom. The number of carboxylic acid groups (broad SMARTS) is 1. The van der Waals surface area contributed by atoms with Gasteiger partial charge in [-0.1, -0.05) is 19.1 Å². The van der Waals surface area contributed by atoms with Crippen LogP contribution in [0.25, 0.3) is 0 Å². The number of likely N-dealkylation sites (tertiary alicyclic amines) is 1. The maximum atomic E-state index is 12.5. The standard InChI is InChI=1S/C16H19F3N2O3/c1-10(11-2-4-13(5-3-11)16(17,18)19)8-20-15(24)21-7-6-12(9-21)14(22)23/h2-5,10,12H,6-9H2,1H3,(H,20,24)(H,22,23). The first kappa shape index (κ1) is 18.1. The number of alkyl halides is 3. The Bertz CT molecular complexity index is 602. The molecule has 2 atom stereocenters. The van der Waals surface area contributed by atoms with Gasteiger partial charge in [0.1, 0.15) is 0 Å². The summed E-state index contributed by atoms with van der Waals surface area (Å²) in [6.45, 7) is 2.62. The first-order valence-corrected chi connectivity index (χ1v) is 7.61. The van der Waals surface area contributed by atoms with E-state index in [1.807, 2.05) is 0 Å². The quantitative estimate of drug-likeness (QED) is 0.882. The zero-order valence-electron chi connectivity index (χ0n) is 13.1. The number of amides is 2. The van der Waals surface area contributed by atoms with Crippen molar-refractivity contribution in [2.75, 3.05) is 19.6 Å². The summed E-state index contributed by atoms with van der Waals surface area (Å²) in [5, 5.41) is 11.6. The van der Waals surface area contributed by atoms with Crippen LogP contribution in [0, 0.1) is 5.92 Å². The fourth-order valence-electron chi connectivity index (χ4n) is 2.62. The second-order valence-electron chi connectivity index (χ2n) is 5.98. The van der Waals surface area contributed by atoms with Crippen molar-refractivity contribution >= 4 is 12.0 Å². The summed E-state index contributed by atoms with van der Waals surface area (Å²) in [6.07, 6.45) is -3.94. The Kier molecular flexibility index (Phi) is 5.36. The number of hydrogen-bond donors (Lipinski definition) is 2. The molecular formula is C16H19F3N2O3. The van der Waals surface area contributed by atoms with E-state index in [0.29, 0.717) is 18.5 Å². The molecule has 0 spiro atoms. The van der Waals surface area contributed by atoms with Gasteiger partial charge in [-0.05, 0) is 30.0 Å². The molecule has 0 bridgehead atoms. The lowest BCUT2D eigenvalue weighted by atomic mass is 10.00. The lowest BCUT2D eigenvalue weighted by Gasteiger charge is -2.19. The Labute approximate surface area is 137 Å². The van der Waals surface area contributed by atoms with Gasteiger partial charge in [0.25, 0.3) is 0 Å². The number of carbonyl (C=O) groups excluding carboxylic acids is 1. The second-order valence-corrected chi connectivity index (χ2v) is 5.98. The maximum absolute atomic E-state index is 12.5. The fourth-order valence-corrected chi connectivity index (χ4v) is 2.62. The van der Waals surface area contributed by atoms with Gasteiger partial charge in [-0.25, -0.2) is 4.79 Å². The number of urea groups is 1. The molecule has 1 heterocycles. The molecule has 2 amide bonds. The molecule has 1 saturated heterocycles. The summed E-state index contributed by atoms with van der Waals surface area (Å²) in [4.78, 5) is 24.3. The van der Waals surface area contributed by atoms with Crippen molar-refractivity contribution in [3.05, 3.63) is 35.4 Å². The van der Waals surface area contributed by atoms with E-state index in [9.17, 15) is 22.8 Å². The van der Waals surface area contributed by atoms with Gasteiger partial charge in [-0.2, -0.15) is 13.2 Å². The molecule has 0 aromatic heterocycles. The Morgan fingerprint density at radius 2 is 1.96 bits per heavy atom. The van der Waals surface area contributed by atoms with E-state index in [0.717, 1.165) is 12.1 Å². The molecular weight excluding hydrogens is 325 g/mol. The summed E-state index contributed by atoms with van der Waals surface area (Å²) in [7, 11) is 0. The molecule has 8 heteroatoms. The van der Waals surface area contributed by atoms with Gasteiger partial charge < -0.3 is 15.3 Å². The number of halogens is 3. The van der Waals surface area contributed by atoms with E-state index in [-0.39, 0.29) is 25.0 Å². The van der Waals surface area contributed by atoms with E-state index in [4.69, 9.17) is 5.11 Å². The lowest BCUT2D eigenvalue weighted by molar-refractivity contribution is -0.141. The Morgan fingerprint density at radius 1 is 1.33 bits per heavy atom.